The molecule has 0 fully saturated rings. The van der Waals surface area contributed by atoms with Crippen molar-refractivity contribution in [3.05, 3.63) is 59.7 Å². The van der Waals surface area contributed by atoms with E-state index in [1.54, 1.807) is 6.07 Å². The minimum Gasteiger partial charge on any atom is -1.00 e. The maximum Gasteiger partial charge on any atom is 4.00 e. The molecule has 0 spiro atoms. The van der Waals surface area contributed by atoms with Crippen LogP contribution in [0, 0.1) is 0 Å². The van der Waals surface area contributed by atoms with Gasteiger partial charge in [-0.15, -0.1) is 5.75 Å². The Kier molecular flexibility index (Phi) is 13.5. The van der Waals surface area contributed by atoms with Crippen LogP contribution in [0.1, 0.15) is 52.7 Å². The molecule has 0 saturated heterocycles. The third kappa shape index (κ3) is 9.52. The SMILES string of the molecule is CC(C)(C)c1ccc(C(C)(C)C)c([O-])c1.[Cl-].[Cl-].[Ti+4].c1cc[cH-]c1. The molecular formula is C19H26Cl2OTi. The fourth-order valence-corrected chi connectivity index (χ4v) is 1.93. The van der Waals surface area contributed by atoms with Crippen LogP contribution in [0.15, 0.2) is 48.5 Å². The van der Waals surface area contributed by atoms with E-state index in [1.807, 2.05) is 36.4 Å². The van der Waals surface area contributed by atoms with Gasteiger partial charge >= 0.3 is 21.7 Å². The summed E-state index contributed by atoms with van der Waals surface area (Å²) in [5.41, 5.74) is 2.00. The summed E-state index contributed by atoms with van der Waals surface area (Å²) in [4.78, 5) is 0. The van der Waals surface area contributed by atoms with Crippen molar-refractivity contribution < 1.29 is 51.6 Å². The first-order valence-electron chi connectivity index (χ1n) is 7.11. The molecule has 0 aliphatic carbocycles. The topological polar surface area (TPSA) is 23.1 Å². The predicted molar refractivity (Wildman–Crippen MR) is 85.3 cm³/mol. The van der Waals surface area contributed by atoms with Crippen molar-refractivity contribution in [3.8, 4) is 5.75 Å². The van der Waals surface area contributed by atoms with Gasteiger partial charge in [0.2, 0.25) is 0 Å². The summed E-state index contributed by atoms with van der Waals surface area (Å²) >= 11 is 0. The summed E-state index contributed by atoms with van der Waals surface area (Å²) in [5, 5.41) is 11.9. The van der Waals surface area contributed by atoms with Crippen molar-refractivity contribution in [1.82, 2.24) is 0 Å². The smallest absolute Gasteiger partial charge is 1.00 e. The quantitative estimate of drug-likeness (QED) is 0.409. The van der Waals surface area contributed by atoms with E-state index >= 15 is 0 Å². The Morgan fingerprint density at radius 3 is 1.57 bits per heavy atom. The van der Waals surface area contributed by atoms with E-state index < -0.39 is 0 Å². The Balaban J connectivity index is -0.000000431. The minimum absolute atomic E-state index is 0. The van der Waals surface area contributed by atoms with Gasteiger partial charge in [-0.2, -0.15) is 18.2 Å². The monoisotopic (exact) mass is 388 g/mol. The van der Waals surface area contributed by atoms with Crippen molar-refractivity contribution in [3.63, 3.8) is 0 Å². The van der Waals surface area contributed by atoms with E-state index in [0.29, 0.717) is 0 Å². The van der Waals surface area contributed by atoms with Crippen molar-refractivity contribution in [2.24, 2.45) is 0 Å². The van der Waals surface area contributed by atoms with E-state index in [4.69, 9.17) is 0 Å². The molecule has 0 atom stereocenters. The van der Waals surface area contributed by atoms with Gasteiger partial charge in [0.15, 0.2) is 0 Å². The molecule has 23 heavy (non-hydrogen) atoms. The summed E-state index contributed by atoms with van der Waals surface area (Å²) in [7, 11) is 0. The van der Waals surface area contributed by atoms with Gasteiger partial charge < -0.3 is 29.9 Å². The molecule has 0 radical (unpaired) electrons. The second-order valence-corrected chi connectivity index (χ2v) is 7.17. The Morgan fingerprint density at radius 2 is 1.30 bits per heavy atom. The molecule has 0 aromatic heterocycles. The average Bonchev–Trinajstić information content (AvgIpc) is 2.84. The zero-order valence-electron chi connectivity index (χ0n) is 14.8. The van der Waals surface area contributed by atoms with Gasteiger partial charge in [-0.05, 0) is 16.4 Å². The third-order valence-corrected chi connectivity index (χ3v) is 3.21. The molecule has 0 bridgehead atoms. The molecular weight excluding hydrogens is 363 g/mol. The van der Waals surface area contributed by atoms with Crippen molar-refractivity contribution in [1.29, 1.82) is 0 Å². The molecule has 0 aliphatic rings. The van der Waals surface area contributed by atoms with E-state index in [0.717, 1.165) is 11.1 Å². The largest absolute Gasteiger partial charge is 4.00 e. The minimum atomic E-state index is -0.0620. The van der Waals surface area contributed by atoms with Gasteiger partial charge in [-0.25, -0.2) is 12.1 Å². The molecule has 0 unspecified atom stereocenters. The second kappa shape index (κ2) is 11.3. The Hall–Kier alpha value is -0.336. The normalized spacial score (nSPS) is 10.2. The van der Waals surface area contributed by atoms with Crippen molar-refractivity contribution >= 4 is 0 Å². The van der Waals surface area contributed by atoms with Crippen molar-refractivity contribution in [2.45, 2.75) is 52.4 Å². The summed E-state index contributed by atoms with van der Waals surface area (Å²) in [6, 6.07) is 15.8. The maximum atomic E-state index is 11.9. The maximum absolute atomic E-state index is 11.9. The van der Waals surface area contributed by atoms with E-state index in [9.17, 15) is 5.11 Å². The van der Waals surface area contributed by atoms with Crippen LogP contribution in [0.4, 0.5) is 0 Å². The standard InChI is InChI=1S/C14H22O.C5H5.2ClH.Ti/c1-13(2,3)10-7-8-11(12(15)9-10)14(4,5)6;1-2-4-5-3-1;;;/h7-9,15H,1-6H3;1-5H;2*1H;/q;-1;;;+4/p-3. The number of halogens is 2. The van der Waals surface area contributed by atoms with Gasteiger partial charge in [0, 0.05) is 0 Å². The number of hydrogen-bond acceptors (Lipinski definition) is 1. The Morgan fingerprint density at radius 1 is 0.826 bits per heavy atom. The first kappa shape index (κ1) is 27.5. The molecule has 4 heteroatoms. The molecule has 0 N–H and O–H groups in total. The summed E-state index contributed by atoms with van der Waals surface area (Å²) in [6.07, 6.45) is 0. The van der Waals surface area contributed by atoms with Crippen LogP contribution in [-0.4, -0.2) is 0 Å². The Bertz CT molecular complexity index is 506. The van der Waals surface area contributed by atoms with Gasteiger partial charge in [0.05, 0.1) is 0 Å². The fraction of sp³-hybridized carbons (Fsp3) is 0.421. The van der Waals surface area contributed by atoms with Crippen LogP contribution in [-0.2, 0) is 32.5 Å². The van der Waals surface area contributed by atoms with Crippen LogP contribution in [0.25, 0.3) is 0 Å². The first-order chi connectivity index (χ1) is 9.12. The summed E-state index contributed by atoms with van der Waals surface area (Å²) < 4.78 is 0. The van der Waals surface area contributed by atoms with Crippen LogP contribution in [0.5, 0.6) is 5.75 Å². The molecule has 2 rings (SSSR count). The summed E-state index contributed by atoms with van der Waals surface area (Å²) in [5.74, 6) is 0.162. The van der Waals surface area contributed by atoms with Gasteiger partial charge in [-0.3, -0.25) is 0 Å². The predicted octanol–water partition coefficient (Wildman–Crippen LogP) is -1.23. The van der Waals surface area contributed by atoms with Crippen LogP contribution in [0.2, 0.25) is 0 Å². The van der Waals surface area contributed by atoms with Crippen LogP contribution >= 0.6 is 0 Å². The number of benzene rings is 1. The zero-order chi connectivity index (χ0) is 15.4. The fourth-order valence-electron chi connectivity index (χ4n) is 1.93. The van der Waals surface area contributed by atoms with Gasteiger partial charge in [0.25, 0.3) is 0 Å². The number of hydrogen-bond donors (Lipinski definition) is 0. The molecule has 0 saturated carbocycles. The summed E-state index contributed by atoms with van der Waals surface area (Å²) in [6.45, 7) is 12.6. The average molecular weight is 389 g/mol. The van der Waals surface area contributed by atoms with Crippen LogP contribution < -0.4 is 29.9 Å². The zero-order valence-corrected chi connectivity index (χ0v) is 17.9. The second-order valence-electron chi connectivity index (χ2n) is 7.17. The molecule has 0 amide bonds. The van der Waals surface area contributed by atoms with Gasteiger partial charge in [0.1, 0.15) is 0 Å². The van der Waals surface area contributed by atoms with E-state index in [-0.39, 0.29) is 63.1 Å². The Labute approximate surface area is 169 Å². The molecule has 0 aliphatic heterocycles. The van der Waals surface area contributed by atoms with Crippen LogP contribution in [0.3, 0.4) is 0 Å². The molecule has 1 nitrogen and oxygen atoms in total. The van der Waals surface area contributed by atoms with E-state index in [2.05, 4.69) is 47.6 Å². The van der Waals surface area contributed by atoms with Crippen molar-refractivity contribution in [2.75, 3.05) is 0 Å². The van der Waals surface area contributed by atoms with E-state index in [1.165, 1.54) is 0 Å². The van der Waals surface area contributed by atoms with Gasteiger partial charge in [-0.1, -0.05) is 65.3 Å². The number of rotatable bonds is 0. The molecule has 2 aromatic rings. The first-order valence-corrected chi connectivity index (χ1v) is 7.11. The molecule has 0 heterocycles. The molecule has 2 aromatic carbocycles. The molecule has 126 valence electrons. The third-order valence-electron chi connectivity index (χ3n) is 3.21.